The summed E-state index contributed by atoms with van der Waals surface area (Å²) < 4.78 is 17.4. The van der Waals surface area contributed by atoms with Crippen LogP contribution in [0.15, 0.2) is 16.6 Å². The van der Waals surface area contributed by atoms with Crippen molar-refractivity contribution in [1.82, 2.24) is 0 Å². The lowest BCUT2D eigenvalue weighted by atomic mass is 10.1. The number of carbonyl (C=O) groups excluding carboxylic acids is 1. The molecule has 1 aromatic carbocycles. The highest BCUT2D eigenvalue weighted by atomic mass is 79.9. The number of carbonyl (C=O) groups is 1. The van der Waals surface area contributed by atoms with Crippen molar-refractivity contribution >= 4 is 21.9 Å². The van der Waals surface area contributed by atoms with E-state index in [0.717, 1.165) is 0 Å². The smallest absolute Gasteiger partial charge is 0.309 e. The number of ether oxygens (including phenoxy) is 1. The van der Waals surface area contributed by atoms with Crippen molar-refractivity contribution in [3.8, 4) is 5.75 Å². The van der Waals surface area contributed by atoms with Crippen LogP contribution in [-0.4, -0.2) is 18.2 Å². The van der Waals surface area contributed by atoms with Gasteiger partial charge < -0.3 is 9.84 Å². The van der Waals surface area contributed by atoms with Gasteiger partial charge in [0.15, 0.2) is 0 Å². The first-order valence-electron chi connectivity index (χ1n) is 3.78. The summed E-state index contributed by atoms with van der Waals surface area (Å²) in [5, 5.41) is 9.23. The van der Waals surface area contributed by atoms with Crippen LogP contribution < -0.4 is 0 Å². The lowest BCUT2D eigenvalue weighted by Gasteiger charge is -2.03. The lowest BCUT2D eigenvalue weighted by Crippen LogP contribution is -2.04. The molecular weight excluding hydrogens is 255 g/mol. The van der Waals surface area contributed by atoms with Crippen LogP contribution in [0.4, 0.5) is 4.39 Å². The minimum atomic E-state index is -0.607. The van der Waals surface area contributed by atoms with Gasteiger partial charge in [-0.3, -0.25) is 4.79 Å². The Balaban J connectivity index is 2.95. The molecule has 1 aromatic rings. The van der Waals surface area contributed by atoms with Crippen molar-refractivity contribution in [2.75, 3.05) is 7.11 Å². The molecule has 0 fully saturated rings. The first-order chi connectivity index (χ1) is 6.54. The summed E-state index contributed by atoms with van der Waals surface area (Å²) in [4.78, 5) is 10.9. The van der Waals surface area contributed by atoms with E-state index in [1.54, 1.807) is 0 Å². The van der Waals surface area contributed by atoms with Crippen LogP contribution in [0.1, 0.15) is 5.56 Å². The van der Waals surface area contributed by atoms with E-state index in [9.17, 15) is 14.3 Å². The maximum atomic E-state index is 13.0. The number of aromatic hydroxyl groups is 1. The molecule has 5 heteroatoms. The average Bonchev–Trinajstić information content (AvgIpc) is 2.14. The molecule has 0 unspecified atom stereocenters. The number of methoxy groups -OCH3 is 1. The topological polar surface area (TPSA) is 46.5 Å². The van der Waals surface area contributed by atoms with Crippen molar-refractivity contribution in [1.29, 1.82) is 0 Å². The van der Waals surface area contributed by atoms with E-state index in [1.807, 2.05) is 0 Å². The molecule has 0 saturated carbocycles. The number of hydrogen-bond donors (Lipinski definition) is 1. The fourth-order valence-corrected chi connectivity index (χ4v) is 1.20. The van der Waals surface area contributed by atoms with Gasteiger partial charge in [0.2, 0.25) is 0 Å². The van der Waals surface area contributed by atoms with Crippen LogP contribution >= 0.6 is 15.9 Å². The minimum Gasteiger partial charge on any atom is -0.507 e. The number of esters is 1. The normalized spacial score (nSPS) is 9.93. The molecule has 0 atom stereocenters. The predicted molar refractivity (Wildman–Crippen MR) is 51.5 cm³/mol. The van der Waals surface area contributed by atoms with Crippen LogP contribution in [0.5, 0.6) is 5.75 Å². The first-order valence-corrected chi connectivity index (χ1v) is 4.57. The number of rotatable bonds is 2. The van der Waals surface area contributed by atoms with Gasteiger partial charge in [-0.1, -0.05) is 0 Å². The third-order valence-corrected chi connectivity index (χ3v) is 2.43. The van der Waals surface area contributed by atoms with Crippen molar-refractivity contribution in [2.24, 2.45) is 0 Å². The van der Waals surface area contributed by atoms with Gasteiger partial charge in [-0.05, 0) is 33.6 Å². The largest absolute Gasteiger partial charge is 0.507 e. The molecule has 0 aromatic heterocycles. The second-order valence-electron chi connectivity index (χ2n) is 2.66. The molecule has 0 radical (unpaired) electrons. The van der Waals surface area contributed by atoms with Gasteiger partial charge in [0, 0.05) is 0 Å². The Labute approximate surface area is 88.6 Å². The summed E-state index contributed by atoms with van der Waals surface area (Å²) >= 11 is 2.86. The molecule has 0 heterocycles. The lowest BCUT2D eigenvalue weighted by molar-refractivity contribution is -0.139. The van der Waals surface area contributed by atoms with E-state index >= 15 is 0 Å². The predicted octanol–water partition coefficient (Wildman–Crippen LogP) is 2.01. The Kier molecular flexibility index (Phi) is 3.46. The van der Waals surface area contributed by atoms with Crippen molar-refractivity contribution in [3.63, 3.8) is 0 Å². The monoisotopic (exact) mass is 262 g/mol. The molecule has 76 valence electrons. The van der Waals surface area contributed by atoms with E-state index in [1.165, 1.54) is 19.2 Å². The number of phenols is 1. The van der Waals surface area contributed by atoms with Gasteiger partial charge in [-0.2, -0.15) is 0 Å². The van der Waals surface area contributed by atoms with Crippen LogP contribution in [0.2, 0.25) is 0 Å². The number of phenolic OH excluding ortho intramolecular Hbond substituents is 1. The standard InChI is InChI=1S/C9H8BrFO3/c1-14-8(13)4-5-2-6(11)9(10)7(12)3-5/h2-3,12H,4H2,1H3. The molecule has 0 spiro atoms. The Morgan fingerprint density at radius 2 is 2.29 bits per heavy atom. The number of hydrogen-bond acceptors (Lipinski definition) is 3. The van der Waals surface area contributed by atoms with Crippen LogP contribution in [0, 0.1) is 5.82 Å². The van der Waals surface area contributed by atoms with Crippen LogP contribution in [-0.2, 0) is 16.0 Å². The van der Waals surface area contributed by atoms with Crippen molar-refractivity contribution < 1.29 is 19.0 Å². The second kappa shape index (κ2) is 4.41. The van der Waals surface area contributed by atoms with Gasteiger partial charge in [0.25, 0.3) is 0 Å². The van der Waals surface area contributed by atoms with Crippen LogP contribution in [0.25, 0.3) is 0 Å². The van der Waals surface area contributed by atoms with Crippen molar-refractivity contribution in [2.45, 2.75) is 6.42 Å². The molecule has 3 nitrogen and oxygen atoms in total. The number of benzene rings is 1. The van der Waals surface area contributed by atoms with Gasteiger partial charge in [-0.25, -0.2) is 4.39 Å². The van der Waals surface area contributed by atoms with Gasteiger partial charge in [0.1, 0.15) is 11.6 Å². The molecular formula is C9H8BrFO3. The highest BCUT2D eigenvalue weighted by Gasteiger charge is 2.10. The third kappa shape index (κ3) is 2.45. The Bertz CT molecular complexity index is 342. The van der Waals surface area contributed by atoms with E-state index in [2.05, 4.69) is 20.7 Å². The highest BCUT2D eigenvalue weighted by molar-refractivity contribution is 9.10. The third-order valence-electron chi connectivity index (χ3n) is 1.64. The molecule has 0 saturated heterocycles. The molecule has 0 amide bonds. The Hall–Kier alpha value is -1.10. The summed E-state index contributed by atoms with van der Waals surface area (Å²) in [5.74, 6) is -1.32. The maximum absolute atomic E-state index is 13.0. The molecule has 0 aliphatic rings. The summed E-state index contributed by atoms with van der Waals surface area (Å²) in [6.07, 6.45) is -0.0613. The molecule has 1 rings (SSSR count). The molecule has 0 bridgehead atoms. The van der Waals surface area contributed by atoms with E-state index < -0.39 is 11.8 Å². The zero-order valence-electron chi connectivity index (χ0n) is 7.38. The SMILES string of the molecule is COC(=O)Cc1cc(O)c(Br)c(F)c1. The molecule has 0 aliphatic carbocycles. The Morgan fingerprint density at radius 1 is 1.64 bits per heavy atom. The van der Waals surface area contributed by atoms with Gasteiger partial charge >= 0.3 is 5.97 Å². The quantitative estimate of drug-likeness (QED) is 0.830. The van der Waals surface area contributed by atoms with E-state index in [-0.39, 0.29) is 16.6 Å². The molecule has 1 N–H and O–H groups in total. The summed E-state index contributed by atoms with van der Waals surface area (Å²) in [5.41, 5.74) is 0.370. The van der Waals surface area contributed by atoms with Crippen LogP contribution in [0.3, 0.4) is 0 Å². The molecule has 0 aliphatic heterocycles. The fourth-order valence-electron chi connectivity index (χ4n) is 0.970. The molecule has 14 heavy (non-hydrogen) atoms. The first kappa shape index (κ1) is 11.0. The second-order valence-corrected chi connectivity index (χ2v) is 3.46. The van der Waals surface area contributed by atoms with Crippen molar-refractivity contribution in [3.05, 3.63) is 28.0 Å². The van der Waals surface area contributed by atoms with Gasteiger partial charge in [-0.15, -0.1) is 0 Å². The van der Waals surface area contributed by atoms with E-state index in [0.29, 0.717) is 5.56 Å². The number of halogens is 2. The minimum absolute atomic E-state index is 0.00823. The Morgan fingerprint density at radius 3 is 2.79 bits per heavy atom. The summed E-state index contributed by atoms with van der Waals surface area (Å²) in [6.45, 7) is 0. The highest BCUT2D eigenvalue weighted by Crippen LogP contribution is 2.28. The average molecular weight is 263 g/mol. The van der Waals surface area contributed by atoms with E-state index in [4.69, 9.17) is 0 Å². The summed E-state index contributed by atoms with van der Waals surface area (Å²) in [7, 11) is 1.25. The van der Waals surface area contributed by atoms with Gasteiger partial charge in [0.05, 0.1) is 18.0 Å². The maximum Gasteiger partial charge on any atom is 0.309 e. The zero-order chi connectivity index (χ0) is 10.7. The zero-order valence-corrected chi connectivity index (χ0v) is 8.97. The summed E-state index contributed by atoms with van der Waals surface area (Å²) in [6, 6.07) is 2.48. The fraction of sp³-hybridized carbons (Fsp3) is 0.222.